The Bertz CT molecular complexity index is 184. The molecule has 0 amide bonds. The summed E-state index contributed by atoms with van der Waals surface area (Å²) in [6, 6.07) is 0. The third-order valence-corrected chi connectivity index (χ3v) is 3.49. The number of unbranched alkanes of at least 4 members (excludes halogenated alkanes) is 12. The average Bonchev–Trinajstić information content (AvgIpc) is 2.34. The third kappa shape index (κ3) is 20.5. The van der Waals surface area contributed by atoms with Crippen LogP contribution >= 0.6 is 0 Å². The van der Waals surface area contributed by atoms with Crippen molar-refractivity contribution in [1.29, 1.82) is 0 Å². The Morgan fingerprint density at radius 2 is 1.00 bits per heavy atom. The summed E-state index contributed by atoms with van der Waals surface area (Å²) in [4.78, 5) is 10.3. The fourth-order valence-corrected chi connectivity index (χ4v) is 2.29. The van der Waals surface area contributed by atoms with E-state index in [9.17, 15) is 4.79 Å². The molecule has 0 atom stereocenters. The molecule has 117 valence electrons. The molecule has 1 N–H and O–H groups in total. The molecular formula is C16H32CoO2. The summed E-state index contributed by atoms with van der Waals surface area (Å²) in [5.74, 6) is -0.655. The SMILES string of the molecule is CCCCCCCCCCCCCCCC(=O)O.[Co]. The van der Waals surface area contributed by atoms with Crippen LogP contribution in [-0.4, -0.2) is 11.1 Å². The number of rotatable bonds is 14. The number of aliphatic carboxylic acids is 1. The Kier molecular flexibility index (Phi) is 20.1. The van der Waals surface area contributed by atoms with Crippen LogP contribution in [0.2, 0.25) is 0 Å². The van der Waals surface area contributed by atoms with Crippen LogP contribution in [0.4, 0.5) is 0 Å². The van der Waals surface area contributed by atoms with Gasteiger partial charge in [-0.15, -0.1) is 0 Å². The van der Waals surface area contributed by atoms with E-state index in [1.54, 1.807) is 0 Å². The van der Waals surface area contributed by atoms with E-state index in [0.717, 1.165) is 12.8 Å². The maximum Gasteiger partial charge on any atom is 0.303 e. The Morgan fingerprint density at radius 1 is 0.684 bits per heavy atom. The molecule has 0 heterocycles. The largest absolute Gasteiger partial charge is 0.481 e. The number of hydrogen-bond acceptors (Lipinski definition) is 1. The van der Waals surface area contributed by atoms with Crippen molar-refractivity contribution in [3.05, 3.63) is 0 Å². The second-order valence-corrected chi connectivity index (χ2v) is 5.39. The van der Waals surface area contributed by atoms with Crippen molar-refractivity contribution in [2.24, 2.45) is 0 Å². The van der Waals surface area contributed by atoms with Gasteiger partial charge in [0.25, 0.3) is 0 Å². The predicted octanol–water partition coefficient (Wildman–Crippen LogP) is 5.55. The van der Waals surface area contributed by atoms with Crippen LogP contribution in [0.25, 0.3) is 0 Å². The smallest absolute Gasteiger partial charge is 0.303 e. The average molecular weight is 315 g/mol. The molecule has 3 heteroatoms. The predicted molar refractivity (Wildman–Crippen MR) is 77.9 cm³/mol. The van der Waals surface area contributed by atoms with Gasteiger partial charge in [-0.25, -0.2) is 0 Å². The number of carboxylic acid groups (broad SMARTS) is 1. The van der Waals surface area contributed by atoms with Crippen molar-refractivity contribution in [2.45, 2.75) is 96.8 Å². The summed E-state index contributed by atoms with van der Waals surface area (Å²) in [6.07, 6.45) is 17.3. The normalized spacial score (nSPS) is 10.2. The van der Waals surface area contributed by atoms with Gasteiger partial charge in [0.2, 0.25) is 0 Å². The Hall–Kier alpha value is -0.0235. The molecule has 0 rings (SSSR count). The third-order valence-electron chi connectivity index (χ3n) is 3.49. The van der Waals surface area contributed by atoms with Crippen LogP contribution in [0.1, 0.15) is 96.8 Å². The fourth-order valence-electron chi connectivity index (χ4n) is 2.29. The molecule has 0 bridgehead atoms. The van der Waals surface area contributed by atoms with Crippen LogP contribution < -0.4 is 0 Å². The summed E-state index contributed by atoms with van der Waals surface area (Å²) in [6.45, 7) is 2.26. The quantitative estimate of drug-likeness (QED) is 0.427. The van der Waals surface area contributed by atoms with E-state index < -0.39 is 5.97 Å². The molecule has 0 spiro atoms. The summed E-state index contributed by atoms with van der Waals surface area (Å²) >= 11 is 0. The van der Waals surface area contributed by atoms with Crippen LogP contribution in [0.5, 0.6) is 0 Å². The maximum atomic E-state index is 10.3. The Balaban J connectivity index is 0. The van der Waals surface area contributed by atoms with Gasteiger partial charge in [0, 0.05) is 23.2 Å². The second kappa shape index (κ2) is 18.0. The molecule has 0 aliphatic rings. The topological polar surface area (TPSA) is 37.3 Å². The van der Waals surface area contributed by atoms with Gasteiger partial charge in [-0.1, -0.05) is 84.0 Å². The fraction of sp³-hybridized carbons (Fsp3) is 0.938. The zero-order chi connectivity index (χ0) is 13.5. The molecular weight excluding hydrogens is 283 g/mol. The number of hydrogen-bond donors (Lipinski definition) is 1. The van der Waals surface area contributed by atoms with Gasteiger partial charge in [-0.3, -0.25) is 4.79 Å². The number of carboxylic acids is 1. The van der Waals surface area contributed by atoms with Crippen molar-refractivity contribution in [3.8, 4) is 0 Å². The van der Waals surface area contributed by atoms with E-state index in [1.165, 1.54) is 70.6 Å². The molecule has 1 radical (unpaired) electrons. The zero-order valence-corrected chi connectivity index (χ0v) is 13.6. The Labute approximate surface area is 129 Å². The number of carbonyl (C=O) groups is 1. The standard InChI is InChI=1S/C16H32O2.Co/c1-2-3-4-5-6-7-8-9-10-11-12-13-14-15-16(17)18;/h2-15H2,1H3,(H,17,18);. The van der Waals surface area contributed by atoms with E-state index in [4.69, 9.17) is 5.11 Å². The molecule has 0 saturated carbocycles. The summed E-state index contributed by atoms with van der Waals surface area (Å²) < 4.78 is 0. The molecule has 0 aromatic rings. The van der Waals surface area contributed by atoms with E-state index in [1.807, 2.05) is 0 Å². The first-order valence-electron chi connectivity index (χ1n) is 7.99. The first kappa shape index (κ1) is 21.3. The van der Waals surface area contributed by atoms with Crippen molar-refractivity contribution in [3.63, 3.8) is 0 Å². The molecule has 0 saturated heterocycles. The zero-order valence-electron chi connectivity index (χ0n) is 12.6. The van der Waals surface area contributed by atoms with E-state index >= 15 is 0 Å². The molecule has 0 unspecified atom stereocenters. The van der Waals surface area contributed by atoms with Crippen LogP contribution in [0, 0.1) is 0 Å². The van der Waals surface area contributed by atoms with Gasteiger partial charge < -0.3 is 5.11 Å². The van der Waals surface area contributed by atoms with Crippen molar-refractivity contribution < 1.29 is 26.7 Å². The molecule has 19 heavy (non-hydrogen) atoms. The van der Waals surface area contributed by atoms with Gasteiger partial charge in [-0.2, -0.15) is 0 Å². The van der Waals surface area contributed by atoms with E-state index in [0.29, 0.717) is 6.42 Å². The van der Waals surface area contributed by atoms with E-state index in [2.05, 4.69) is 6.92 Å². The molecule has 0 aromatic heterocycles. The van der Waals surface area contributed by atoms with Crippen molar-refractivity contribution >= 4 is 5.97 Å². The van der Waals surface area contributed by atoms with Gasteiger partial charge >= 0.3 is 5.97 Å². The minimum absolute atomic E-state index is 0. The first-order chi connectivity index (χ1) is 8.77. The molecule has 0 aliphatic carbocycles. The van der Waals surface area contributed by atoms with Crippen LogP contribution in [0.3, 0.4) is 0 Å². The minimum Gasteiger partial charge on any atom is -0.481 e. The van der Waals surface area contributed by atoms with Crippen LogP contribution in [-0.2, 0) is 21.6 Å². The minimum atomic E-state index is -0.655. The van der Waals surface area contributed by atoms with Gasteiger partial charge in [0.1, 0.15) is 0 Å². The molecule has 0 fully saturated rings. The molecule has 0 aromatic carbocycles. The summed E-state index contributed by atoms with van der Waals surface area (Å²) in [5.41, 5.74) is 0. The van der Waals surface area contributed by atoms with Crippen molar-refractivity contribution in [2.75, 3.05) is 0 Å². The van der Waals surface area contributed by atoms with Crippen molar-refractivity contribution in [1.82, 2.24) is 0 Å². The first-order valence-corrected chi connectivity index (χ1v) is 7.99. The molecule has 2 nitrogen and oxygen atoms in total. The monoisotopic (exact) mass is 315 g/mol. The van der Waals surface area contributed by atoms with Gasteiger partial charge in [0.05, 0.1) is 0 Å². The Morgan fingerprint density at radius 3 is 1.32 bits per heavy atom. The second-order valence-electron chi connectivity index (χ2n) is 5.39. The van der Waals surface area contributed by atoms with Gasteiger partial charge in [0.15, 0.2) is 0 Å². The van der Waals surface area contributed by atoms with E-state index in [-0.39, 0.29) is 16.8 Å². The summed E-state index contributed by atoms with van der Waals surface area (Å²) in [7, 11) is 0. The van der Waals surface area contributed by atoms with Gasteiger partial charge in [-0.05, 0) is 6.42 Å². The molecule has 0 aliphatic heterocycles. The maximum absolute atomic E-state index is 10.3. The summed E-state index contributed by atoms with van der Waals surface area (Å²) in [5, 5.41) is 8.49. The van der Waals surface area contributed by atoms with Crippen LogP contribution in [0.15, 0.2) is 0 Å².